The number of sulfonamides is 1. The molecule has 0 atom stereocenters. The minimum absolute atomic E-state index is 0.0457. The number of hydrogen-bond donors (Lipinski definition) is 1. The molecule has 0 aliphatic rings. The third-order valence-electron chi connectivity index (χ3n) is 4.91. The largest absolute Gasteiger partial charge is 0.497 e. The van der Waals surface area contributed by atoms with E-state index in [0.29, 0.717) is 16.3 Å². The molecule has 33 heavy (non-hydrogen) atoms. The van der Waals surface area contributed by atoms with Crippen LogP contribution in [-0.4, -0.2) is 44.6 Å². The Morgan fingerprint density at radius 1 is 1.00 bits per heavy atom. The fourth-order valence-corrected chi connectivity index (χ4v) is 4.75. The molecule has 9 heteroatoms. The fourth-order valence-electron chi connectivity index (χ4n) is 3.17. The van der Waals surface area contributed by atoms with Crippen molar-refractivity contribution in [1.82, 2.24) is 4.31 Å². The fraction of sp³-hybridized carbons (Fsp3) is 0.167. The Morgan fingerprint density at radius 3 is 2.27 bits per heavy atom. The van der Waals surface area contributed by atoms with E-state index in [1.165, 1.54) is 43.5 Å². The van der Waals surface area contributed by atoms with Crippen LogP contribution in [0.5, 0.6) is 5.75 Å². The first kappa shape index (κ1) is 24.4. The molecule has 7 nitrogen and oxygen atoms in total. The molecular formula is C24H23ClN2O5S. The first-order valence-corrected chi connectivity index (χ1v) is 11.9. The second-order valence-electron chi connectivity index (χ2n) is 7.04. The van der Waals surface area contributed by atoms with Crippen molar-refractivity contribution in [3.8, 4) is 5.75 Å². The zero-order chi connectivity index (χ0) is 24.0. The molecule has 0 spiro atoms. The molecule has 0 aliphatic heterocycles. The molecule has 0 radical (unpaired) electrons. The van der Waals surface area contributed by atoms with Gasteiger partial charge in [-0.3, -0.25) is 9.59 Å². The van der Waals surface area contributed by atoms with Gasteiger partial charge in [0.1, 0.15) is 5.75 Å². The summed E-state index contributed by atoms with van der Waals surface area (Å²) in [7, 11) is -2.42. The van der Waals surface area contributed by atoms with Gasteiger partial charge in [-0.15, -0.1) is 0 Å². The minimum atomic E-state index is -3.91. The highest BCUT2D eigenvalue weighted by molar-refractivity contribution is 7.89. The number of likely N-dealkylation sites (N-methyl/N-ethyl adjacent to an activating group) is 1. The number of methoxy groups -OCH3 is 1. The maximum absolute atomic E-state index is 13.0. The van der Waals surface area contributed by atoms with Crippen molar-refractivity contribution in [2.24, 2.45) is 0 Å². The number of halogens is 1. The maximum atomic E-state index is 13.0. The van der Waals surface area contributed by atoms with Crippen LogP contribution in [0.1, 0.15) is 22.8 Å². The van der Waals surface area contributed by atoms with Gasteiger partial charge in [-0.05, 0) is 42.5 Å². The SMILES string of the molecule is CCN(CC(=O)Nc1ccc(Cl)cc1C(=O)c1ccccc1)S(=O)(=O)c1ccc(OC)cc1. The van der Waals surface area contributed by atoms with Crippen LogP contribution in [0.3, 0.4) is 0 Å². The minimum Gasteiger partial charge on any atom is -0.497 e. The number of nitrogens with zero attached hydrogens (tertiary/aromatic N) is 1. The quantitative estimate of drug-likeness (QED) is 0.457. The Balaban J connectivity index is 1.81. The zero-order valence-corrected chi connectivity index (χ0v) is 19.7. The molecule has 172 valence electrons. The van der Waals surface area contributed by atoms with Gasteiger partial charge in [-0.2, -0.15) is 4.31 Å². The highest BCUT2D eigenvalue weighted by Crippen LogP contribution is 2.24. The summed E-state index contributed by atoms with van der Waals surface area (Å²) in [4.78, 5) is 25.8. The van der Waals surface area contributed by atoms with Gasteiger partial charge in [0.05, 0.1) is 24.2 Å². The van der Waals surface area contributed by atoms with E-state index in [1.807, 2.05) is 0 Å². The van der Waals surface area contributed by atoms with Crippen molar-refractivity contribution >= 4 is 39.0 Å². The van der Waals surface area contributed by atoms with E-state index in [-0.39, 0.29) is 28.5 Å². The summed E-state index contributed by atoms with van der Waals surface area (Å²) in [5, 5.41) is 2.99. The van der Waals surface area contributed by atoms with E-state index in [2.05, 4.69) is 5.32 Å². The Labute approximate surface area is 198 Å². The van der Waals surface area contributed by atoms with Crippen molar-refractivity contribution in [2.45, 2.75) is 11.8 Å². The van der Waals surface area contributed by atoms with Crippen LogP contribution >= 0.6 is 11.6 Å². The van der Waals surface area contributed by atoms with Gasteiger partial charge in [-0.25, -0.2) is 8.42 Å². The van der Waals surface area contributed by atoms with Crippen LogP contribution in [0.4, 0.5) is 5.69 Å². The molecule has 3 rings (SSSR count). The lowest BCUT2D eigenvalue weighted by atomic mass is 10.0. The second kappa shape index (κ2) is 10.6. The van der Waals surface area contributed by atoms with Crippen molar-refractivity contribution in [3.63, 3.8) is 0 Å². The number of carbonyl (C=O) groups excluding carboxylic acids is 2. The summed E-state index contributed by atoms with van der Waals surface area (Å²) in [6, 6.07) is 19.0. The first-order chi connectivity index (χ1) is 15.8. The van der Waals surface area contributed by atoms with Crippen molar-refractivity contribution < 1.29 is 22.7 Å². The summed E-state index contributed by atoms with van der Waals surface area (Å²) in [5.41, 5.74) is 0.895. The monoisotopic (exact) mass is 486 g/mol. The van der Waals surface area contributed by atoms with Crippen LogP contribution in [0.25, 0.3) is 0 Å². The predicted molar refractivity (Wildman–Crippen MR) is 127 cm³/mol. The van der Waals surface area contributed by atoms with Crippen LogP contribution in [0, 0.1) is 0 Å². The number of hydrogen-bond acceptors (Lipinski definition) is 5. The number of anilines is 1. The first-order valence-electron chi connectivity index (χ1n) is 10.1. The van der Waals surface area contributed by atoms with E-state index in [9.17, 15) is 18.0 Å². The van der Waals surface area contributed by atoms with E-state index >= 15 is 0 Å². The van der Waals surface area contributed by atoms with Crippen LogP contribution in [-0.2, 0) is 14.8 Å². The van der Waals surface area contributed by atoms with Gasteiger partial charge in [0.2, 0.25) is 15.9 Å². The van der Waals surface area contributed by atoms with Gasteiger partial charge >= 0.3 is 0 Å². The molecule has 3 aromatic carbocycles. The second-order valence-corrected chi connectivity index (χ2v) is 9.41. The molecule has 0 saturated heterocycles. The van der Waals surface area contributed by atoms with Crippen molar-refractivity contribution in [2.75, 3.05) is 25.5 Å². The average Bonchev–Trinajstić information content (AvgIpc) is 2.83. The van der Waals surface area contributed by atoms with Gasteiger partial charge < -0.3 is 10.1 Å². The summed E-state index contributed by atoms with van der Waals surface area (Å²) in [6.45, 7) is 1.30. The smallest absolute Gasteiger partial charge is 0.243 e. The standard InChI is InChI=1S/C24H23ClN2O5S/c1-3-27(33(30,31)20-12-10-19(32-2)11-13-20)16-23(28)26-22-14-9-18(25)15-21(22)24(29)17-7-5-4-6-8-17/h4-15H,3,16H2,1-2H3,(H,26,28). The van der Waals surface area contributed by atoms with E-state index in [1.54, 1.807) is 43.3 Å². The highest BCUT2D eigenvalue weighted by atomic mass is 35.5. The van der Waals surface area contributed by atoms with Crippen molar-refractivity contribution in [3.05, 3.63) is 88.9 Å². The third kappa shape index (κ3) is 5.78. The molecule has 1 amide bonds. The van der Waals surface area contributed by atoms with Gasteiger partial charge in [0.15, 0.2) is 5.78 Å². The number of amides is 1. The normalized spacial score (nSPS) is 11.3. The van der Waals surface area contributed by atoms with Gasteiger partial charge in [-0.1, -0.05) is 48.9 Å². The van der Waals surface area contributed by atoms with Gasteiger partial charge in [0.25, 0.3) is 0 Å². The zero-order valence-electron chi connectivity index (χ0n) is 18.1. The Morgan fingerprint density at radius 2 is 1.67 bits per heavy atom. The summed E-state index contributed by atoms with van der Waals surface area (Å²) in [5.74, 6) is -0.377. The molecule has 0 bridgehead atoms. The summed E-state index contributed by atoms with van der Waals surface area (Å²) >= 11 is 6.08. The molecule has 0 aromatic heterocycles. The number of ether oxygens (including phenoxy) is 1. The number of ketones is 1. The topological polar surface area (TPSA) is 92.8 Å². The Bertz CT molecular complexity index is 1250. The molecule has 0 heterocycles. The molecule has 0 fully saturated rings. The summed E-state index contributed by atoms with van der Waals surface area (Å²) in [6.07, 6.45) is 0. The molecule has 3 aromatic rings. The molecule has 0 unspecified atom stereocenters. The predicted octanol–water partition coefficient (Wildman–Crippen LogP) is 4.23. The van der Waals surface area contributed by atoms with Crippen molar-refractivity contribution in [1.29, 1.82) is 0 Å². The lowest BCUT2D eigenvalue weighted by Gasteiger charge is -2.20. The van der Waals surface area contributed by atoms with Crippen LogP contribution < -0.4 is 10.1 Å². The Hall–Kier alpha value is -3.20. The molecule has 1 N–H and O–H groups in total. The highest BCUT2D eigenvalue weighted by Gasteiger charge is 2.26. The van der Waals surface area contributed by atoms with Crippen LogP contribution in [0.2, 0.25) is 5.02 Å². The number of benzene rings is 3. The van der Waals surface area contributed by atoms with E-state index in [4.69, 9.17) is 16.3 Å². The molecule has 0 saturated carbocycles. The van der Waals surface area contributed by atoms with Gasteiger partial charge in [0, 0.05) is 22.7 Å². The summed E-state index contributed by atoms with van der Waals surface area (Å²) < 4.78 is 32.1. The average molecular weight is 487 g/mol. The lowest BCUT2D eigenvalue weighted by molar-refractivity contribution is -0.116. The maximum Gasteiger partial charge on any atom is 0.243 e. The molecule has 0 aliphatic carbocycles. The molecular weight excluding hydrogens is 464 g/mol. The van der Waals surface area contributed by atoms with E-state index < -0.39 is 22.5 Å². The van der Waals surface area contributed by atoms with E-state index in [0.717, 1.165) is 4.31 Å². The third-order valence-corrected chi connectivity index (χ3v) is 7.08. The van der Waals surface area contributed by atoms with Crippen LogP contribution in [0.15, 0.2) is 77.7 Å². The lowest BCUT2D eigenvalue weighted by Crippen LogP contribution is -2.38. The number of nitrogens with one attached hydrogen (secondary N) is 1. The number of rotatable bonds is 9. The number of carbonyl (C=O) groups is 2. The Kier molecular flexibility index (Phi) is 7.86.